The van der Waals surface area contributed by atoms with Gasteiger partial charge in [-0.25, -0.2) is 0 Å². The van der Waals surface area contributed by atoms with E-state index in [4.69, 9.17) is 47.4 Å². The van der Waals surface area contributed by atoms with Gasteiger partial charge in [-0.05, 0) is 115 Å². The van der Waals surface area contributed by atoms with Crippen LogP contribution in [0.1, 0.15) is 85.5 Å². The lowest BCUT2D eigenvalue weighted by Crippen LogP contribution is -2.59. The van der Waals surface area contributed by atoms with E-state index in [9.17, 15) is 9.90 Å². The lowest BCUT2D eigenvalue weighted by Gasteiger charge is -2.47. The SMILES string of the molecule is CC[C@H]1CCC[C@H](O[C@H]2CC[C@H](N(C)C)C(C)O2)[C@@H](C)C(=O)C2=C[C@H]3[C@@H]4C[C@H](O[C@@H]5OC(C)[C@H](OC)C(OC)C5OC)C[C@H]4[C@H](Nc4cccc(OC)c4OC)[C@@H](O)[C@H]3[C@@H]2CC(=O)O1. The zero-order valence-electron chi connectivity index (χ0n) is 39.9. The minimum absolute atomic E-state index is 0.0192. The Morgan fingerprint density at radius 1 is 0.844 bits per heavy atom. The van der Waals surface area contributed by atoms with Crippen LogP contribution >= 0.6 is 0 Å². The molecule has 3 aliphatic carbocycles. The second-order valence-electron chi connectivity index (χ2n) is 19.3. The first-order valence-electron chi connectivity index (χ1n) is 23.7. The number of nitrogens with one attached hydrogen (secondary N) is 1. The van der Waals surface area contributed by atoms with Crippen molar-refractivity contribution >= 4 is 17.4 Å². The van der Waals surface area contributed by atoms with Gasteiger partial charge in [-0.3, -0.25) is 9.59 Å². The average molecular weight is 901 g/mol. The van der Waals surface area contributed by atoms with E-state index < -0.39 is 60.8 Å². The van der Waals surface area contributed by atoms with Gasteiger partial charge in [0, 0.05) is 45.1 Å². The maximum atomic E-state index is 15.2. The molecule has 0 amide bonds. The minimum atomic E-state index is -0.975. The quantitative estimate of drug-likeness (QED) is 0.229. The van der Waals surface area contributed by atoms with Gasteiger partial charge in [0.15, 0.2) is 29.9 Å². The van der Waals surface area contributed by atoms with Crippen molar-refractivity contribution in [2.24, 2.45) is 35.5 Å². The summed E-state index contributed by atoms with van der Waals surface area (Å²) in [6, 6.07) is 5.40. The number of anilines is 1. The number of likely N-dealkylation sites (N-methyl/N-ethyl adjacent to an activating group) is 1. The Hall–Kier alpha value is -2.86. The molecule has 0 spiro atoms. The number of allylic oxidation sites excluding steroid dienone is 2. The maximum Gasteiger partial charge on any atom is 0.306 e. The summed E-state index contributed by atoms with van der Waals surface area (Å²) in [4.78, 5) is 31.4. The van der Waals surface area contributed by atoms with E-state index in [2.05, 4.69) is 37.3 Å². The molecule has 64 heavy (non-hydrogen) atoms. The number of benzene rings is 1. The standard InChI is InChI=1S/C49H76N2O13/c1-12-28-15-13-17-37(64-40-20-19-36(51(5)6)26(3)60-40)25(2)43(53)34-23-31-30-21-29(63-49-48(59-11)47(58-10)45(56-8)27(4)61-49)22-33(30)42(44(54)41(31)32(34)24-39(52)62-28)50-35-16-14-18-38(55-7)46(35)57-9/h14,16,18,23,25-33,36-37,40-42,44-45,47-50,54H,12-13,15,17,19-22,24H2,1-11H3/t25-,26?,27?,28+,29+,30+,31+,32-,33-,36+,37+,40+,41-,42+,44+,45+,47?,48?,49+/m1/s1. The fraction of sp³-hybridized carbons (Fsp3) is 0.796. The van der Waals surface area contributed by atoms with E-state index in [0.717, 1.165) is 19.3 Å². The number of aliphatic hydroxyl groups excluding tert-OH is 1. The number of esters is 1. The van der Waals surface area contributed by atoms with Crippen molar-refractivity contribution in [2.75, 3.05) is 55.0 Å². The molecule has 0 radical (unpaired) electrons. The van der Waals surface area contributed by atoms with Crippen LogP contribution in [-0.4, -0.2) is 151 Å². The van der Waals surface area contributed by atoms with Crippen LogP contribution in [-0.2, 0) is 47.5 Å². The van der Waals surface area contributed by atoms with Crippen LogP contribution in [0.5, 0.6) is 11.5 Å². The highest BCUT2D eigenvalue weighted by Crippen LogP contribution is 2.58. The molecule has 0 bridgehead atoms. The van der Waals surface area contributed by atoms with Crippen LogP contribution in [0.3, 0.4) is 0 Å². The summed E-state index contributed by atoms with van der Waals surface area (Å²) in [5.41, 5.74) is 1.24. The molecule has 15 heteroatoms. The first-order chi connectivity index (χ1) is 30.8. The third kappa shape index (κ3) is 9.89. The van der Waals surface area contributed by atoms with Crippen molar-refractivity contribution < 1.29 is 62.1 Å². The van der Waals surface area contributed by atoms with Crippen LogP contribution in [0.15, 0.2) is 29.8 Å². The maximum absolute atomic E-state index is 15.2. The van der Waals surface area contributed by atoms with Gasteiger partial charge in [-0.2, -0.15) is 0 Å². The van der Waals surface area contributed by atoms with Gasteiger partial charge in [-0.1, -0.05) is 26.0 Å². The van der Waals surface area contributed by atoms with E-state index in [-0.39, 0.29) is 72.5 Å². The number of hydrogen-bond donors (Lipinski definition) is 2. The highest BCUT2D eigenvalue weighted by molar-refractivity contribution is 5.99. The van der Waals surface area contributed by atoms with E-state index in [1.54, 1.807) is 35.5 Å². The van der Waals surface area contributed by atoms with E-state index in [0.29, 0.717) is 54.9 Å². The van der Waals surface area contributed by atoms with Gasteiger partial charge in [0.1, 0.15) is 24.4 Å². The summed E-state index contributed by atoms with van der Waals surface area (Å²) in [5.74, 6) is -1.29. The summed E-state index contributed by atoms with van der Waals surface area (Å²) in [7, 11) is 12.2. The monoisotopic (exact) mass is 901 g/mol. The lowest BCUT2D eigenvalue weighted by molar-refractivity contribution is -0.314. The van der Waals surface area contributed by atoms with Gasteiger partial charge in [-0.15, -0.1) is 0 Å². The Morgan fingerprint density at radius 3 is 2.23 bits per heavy atom. The number of fused-ring (bicyclic) bond motifs is 5. The Kier molecular flexibility index (Phi) is 16.4. The number of nitrogens with zero attached hydrogens (tertiary/aromatic N) is 1. The van der Waals surface area contributed by atoms with Crippen molar-refractivity contribution in [1.82, 2.24) is 4.90 Å². The number of ketones is 1. The van der Waals surface area contributed by atoms with Crippen LogP contribution < -0.4 is 14.8 Å². The summed E-state index contributed by atoms with van der Waals surface area (Å²) >= 11 is 0. The van der Waals surface area contributed by atoms with Gasteiger partial charge in [0.25, 0.3) is 0 Å². The third-order valence-electron chi connectivity index (χ3n) is 15.6. The molecule has 1 aromatic carbocycles. The number of aliphatic hydroxyl groups is 1. The molecule has 1 aromatic rings. The molecule has 3 saturated heterocycles. The predicted molar refractivity (Wildman–Crippen MR) is 238 cm³/mol. The van der Waals surface area contributed by atoms with E-state index in [1.807, 2.05) is 39.0 Å². The smallest absolute Gasteiger partial charge is 0.306 e. The zero-order chi connectivity index (χ0) is 46.0. The Morgan fingerprint density at radius 2 is 1.58 bits per heavy atom. The first kappa shape index (κ1) is 49.1. The lowest BCUT2D eigenvalue weighted by atomic mass is 9.62. The number of rotatable bonds is 13. The minimum Gasteiger partial charge on any atom is -0.493 e. The zero-order valence-corrected chi connectivity index (χ0v) is 39.9. The number of para-hydroxylation sites is 1. The largest absolute Gasteiger partial charge is 0.493 e. The Balaban J connectivity index is 1.23. The fourth-order valence-corrected chi connectivity index (χ4v) is 12.4. The molecule has 19 atom stereocenters. The molecule has 360 valence electrons. The second-order valence-corrected chi connectivity index (χ2v) is 19.3. The summed E-state index contributed by atoms with van der Waals surface area (Å²) in [6.07, 6.45) is 2.84. The first-order valence-corrected chi connectivity index (χ1v) is 23.7. The van der Waals surface area contributed by atoms with Crippen LogP contribution in [0.4, 0.5) is 5.69 Å². The summed E-state index contributed by atoms with van der Waals surface area (Å²) in [5, 5.41) is 16.6. The fourth-order valence-electron chi connectivity index (χ4n) is 12.4. The molecule has 0 aromatic heterocycles. The van der Waals surface area contributed by atoms with Crippen molar-refractivity contribution in [3.05, 3.63) is 29.8 Å². The topological polar surface area (TPSA) is 162 Å². The average Bonchev–Trinajstić information content (AvgIpc) is 3.87. The van der Waals surface area contributed by atoms with Crippen LogP contribution in [0, 0.1) is 35.5 Å². The van der Waals surface area contributed by atoms with Crippen LogP contribution in [0.2, 0.25) is 0 Å². The number of carbonyl (C=O) groups is 2. The molecule has 2 saturated carbocycles. The molecule has 5 fully saturated rings. The van der Waals surface area contributed by atoms with Gasteiger partial charge in [0.05, 0.1) is 62.9 Å². The Labute approximate surface area is 380 Å². The van der Waals surface area contributed by atoms with Crippen LogP contribution in [0.25, 0.3) is 0 Å². The van der Waals surface area contributed by atoms with Crippen molar-refractivity contribution in [3.8, 4) is 11.5 Å². The summed E-state index contributed by atoms with van der Waals surface area (Å²) < 4.78 is 61.9. The molecule has 2 N–H and O–H groups in total. The molecular formula is C49H76N2O13. The molecule has 4 unspecified atom stereocenters. The highest BCUT2D eigenvalue weighted by Gasteiger charge is 2.60. The summed E-state index contributed by atoms with van der Waals surface area (Å²) in [6.45, 7) is 8.02. The van der Waals surface area contributed by atoms with Gasteiger partial charge >= 0.3 is 5.97 Å². The number of ether oxygens (including phenoxy) is 10. The molecular weight excluding hydrogens is 825 g/mol. The van der Waals surface area contributed by atoms with Crippen molar-refractivity contribution in [1.29, 1.82) is 0 Å². The van der Waals surface area contributed by atoms with E-state index >= 15 is 4.79 Å². The van der Waals surface area contributed by atoms with Crippen molar-refractivity contribution in [2.45, 2.75) is 165 Å². The normalized spacial score (nSPS) is 41.8. The van der Waals surface area contributed by atoms with Crippen molar-refractivity contribution in [3.63, 3.8) is 0 Å². The molecule has 3 heterocycles. The second kappa shape index (κ2) is 21.4. The number of cyclic esters (lactones) is 1. The number of hydrogen-bond acceptors (Lipinski definition) is 15. The number of carbonyl (C=O) groups excluding carboxylic acids is 2. The van der Waals surface area contributed by atoms with Gasteiger partial charge < -0.3 is 62.7 Å². The third-order valence-corrected chi connectivity index (χ3v) is 15.6. The van der Waals surface area contributed by atoms with E-state index in [1.165, 1.54) is 0 Å². The Bertz CT molecular complexity index is 1760. The number of Topliss-reactive ketones (excluding diaryl/α,β-unsaturated/α-hetero) is 1. The van der Waals surface area contributed by atoms with Gasteiger partial charge in [0.2, 0.25) is 0 Å². The molecule has 7 rings (SSSR count). The number of methoxy groups -OCH3 is 5. The molecule has 6 aliphatic rings. The highest BCUT2D eigenvalue weighted by atomic mass is 16.7. The predicted octanol–water partition coefficient (Wildman–Crippen LogP) is 5.79. The molecule has 3 aliphatic heterocycles. The molecule has 15 nitrogen and oxygen atoms in total.